The predicted octanol–water partition coefficient (Wildman–Crippen LogP) is 1.03. The van der Waals surface area contributed by atoms with Gasteiger partial charge in [-0.3, -0.25) is 4.79 Å². The van der Waals surface area contributed by atoms with Crippen LogP contribution in [0.15, 0.2) is 41.6 Å². The molecule has 0 N–H and O–H groups in total. The van der Waals surface area contributed by atoms with Gasteiger partial charge in [0.2, 0.25) is 15.9 Å². The van der Waals surface area contributed by atoms with Gasteiger partial charge in [-0.25, -0.2) is 13.1 Å². The maximum absolute atomic E-state index is 13.0. The highest BCUT2D eigenvalue weighted by Crippen LogP contribution is 2.24. The first-order valence-corrected chi connectivity index (χ1v) is 9.26. The molecule has 1 saturated heterocycles. The number of rotatable bonds is 4. The van der Waals surface area contributed by atoms with Crippen LogP contribution >= 0.6 is 0 Å². The molecule has 1 amide bonds. The van der Waals surface area contributed by atoms with Crippen LogP contribution in [0.5, 0.6) is 0 Å². The van der Waals surface area contributed by atoms with Gasteiger partial charge in [-0.1, -0.05) is 6.07 Å². The minimum atomic E-state index is -3.73. The van der Waals surface area contributed by atoms with E-state index in [1.165, 1.54) is 4.31 Å². The van der Waals surface area contributed by atoms with E-state index >= 15 is 0 Å². The number of sulfonamides is 1. The zero-order valence-corrected chi connectivity index (χ0v) is 14.5. The molecular formula is C16H20N4O3S. The first-order valence-electron chi connectivity index (χ1n) is 7.82. The van der Waals surface area contributed by atoms with Crippen molar-refractivity contribution < 1.29 is 13.2 Å². The monoisotopic (exact) mass is 348 g/mol. The standard InChI is InChI=1S/C16H20N4O3S/c1-3-18-9-10-19(12-16(18)21)24(22,23)15-11-14(6-5-13(15)2)20-8-4-7-17-20/h4-8,11H,3,9-10,12H2,1-2H3. The Bertz CT molecular complexity index is 846. The summed E-state index contributed by atoms with van der Waals surface area (Å²) in [5, 5.41) is 4.13. The minimum absolute atomic E-state index is 0.110. The Kier molecular flexibility index (Phi) is 4.42. The second kappa shape index (κ2) is 6.37. The fraction of sp³-hybridized carbons (Fsp3) is 0.375. The fourth-order valence-electron chi connectivity index (χ4n) is 2.80. The molecule has 0 spiro atoms. The highest BCUT2D eigenvalue weighted by Gasteiger charge is 2.33. The van der Waals surface area contributed by atoms with E-state index in [0.717, 1.165) is 0 Å². The van der Waals surface area contributed by atoms with Gasteiger partial charge in [-0.05, 0) is 37.6 Å². The molecule has 0 unspecified atom stereocenters. The van der Waals surface area contributed by atoms with E-state index in [4.69, 9.17) is 0 Å². The van der Waals surface area contributed by atoms with Crippen molar-refractivity contribution in [3.8, 4) is 5.69 Å². The highest BCUT2D eigenvalue weighted by molar-refractivity contribution is 7.89. The molecule has 0 atom stereocenters. The van der Waals surface area contributed by atoms with Gasteiger partial charge in [0.15, 0.2) is 0 Å². The molecular weight excluding hydrogens is 328 g/mol. The van der Waals surface area contributed by atoms with Crippen LogP contribution in [0, 0.1) is 6.92 Å². The molecule has 1 aliphatic heterocycles. The summed E-state index contributed by atoms with van der Waals surface area (Å²) >= 11 is 0. The predicted molar refractivity (Wildman–Crippen MR) is 89.3 cm³/mol. The summed E-state index contributed by atoms with van der Waals surface area (Å²) in [7, 11) is -3.73. The average molecular weight is 348 g/mol. The minimum Gasteiger partial charge on any atom is -0.341 e. The quantitative estimate of drug-likeness (QED) is 0.827. The van der Waals surface area contributed by atoms with Crippen molar-refractivity contribution in [2.45, 2.75) is 18.7 Å². The topological polar surface area (TPSA) is 75.5 Å². The van der Waals surface area contributed by atoms with E-state index in [1.807, 2.05) is 13.0 Å². The number of nitrogens with zero attached hydrogens (tertiary/aromatic N) is 4. The number of benzene rings is 1. The van der Waals surface area contributed by atoms with Gasteiger partial charge in [0.25, 0.3) is 0 Å². The van der Waals surface area contributed by atoms with Crippen LogP contribution < -0.4 is 0 Å². The fourth-order valence-corrected chi connectivity index (χ4v) is 4.42. The van der Waals surface area contributed by atoms with Crippen LogP contribution in [0.2, 0.25) is 0 Å². The zero-order chi connectivity index (χ0) is 17.3. The van der Waals surface area contributed by atoms with E-state index in [-0.39, 0.29) is 17.3 Å². The Morgan fingerprint density at radius 1 is 1.25 bits per heavy atom. The van der Waals surface area contributed by atoms with E-state index in [9.17, 15) is 13.2 Å². The molecule has 1 fully saturated rings. The Labute approximate surface area is 141 Å². The SMILES string of the molecule is CCN1CCN(S(=O)(=O)c2cc(-n3cccn3)ccc2C)CC1=O. The van der Waals surface area contributed by atoms with Crippen molar-refractivity contribution in [2.75, 3.05) is 26.2 Å². The van der Waals surface area contributed by atoms with Crippen molar-refractivity contribution in [1.82, 2.24) is 19.0 Å². The van der Waals surface area contributed by atoms with Gasteiger partial charge in [0.05, 0.1) is 17.1 Å². The molecule has 3 rings (SSSR count). The first-order chi connectivity index (χ1) is 11.4. The second-order valence-electron chi connectivity index (χ2n) is 5.71. The molecule has 0 radical (unpaired) electrons. The Morgan fingerprint density at radius 2 is 2.04 bits per heavy atom. The van der Waals surface area contributed by atoms with Gasteiger partial charge < -0.3 is 4.90 Å². The van der Waals surface area contributed by atoms with Crippen LogP contribution in [-0.2, 0) is 14.8 Å². The van der Waals surface area contributed by atoms with Gasteiger partial charge in [0.1, 0.15) is 0 Å². The number of amides is 1. The maximum atomic E-state index is 13.0. The van der Waals surface area contributed by atoms with Crippen molar-refractivity contribution >= 4 is 15.9 Å². The summed E-state index contributed by atoms with van der Waals surface area (Å²) in [5.41, 5.74) is 1.32. The van der Waals surface area contributed by atoms with Crippen LogP contribution in [0.25, 0.3) is 5.69 Å². The van der Waals surface area contributed by atoms with Crippen LogP contribution in [-0.4, -0.2) is 59.5 Å². The summed E-state index contributed by atoms with van der Waals surface area (Å²) in [5.74, 6) is -0.159. The average Bonchev–Trinajstić information content (AvgIpc) is 3.09. The Morgan fingerprint density at radius 3 is 2.67 bits per heavy atom. The third-order valence-electron chi connectivity index (χ3n) is 4.22. The molecule has 1 aliphatic rings. The van der Waals surface area contributed by atoms with Crippen LogP contribution in [0.3, 0.4) is 0 Å². The molecule has 128 valence electrons. The summed E-state index contributed by atoms with van der Waals surface area (Å²) in [6.45, 7) is 4.87. The Hall–Kier alpha value is -2.19. The van der Waals surface area contributed by atoms with E-state index in [0.29, 0.717) is 30.9 Å². The lowest BCUT2D eigenvalue weighted by Gasteiger charge is -2.33. The summed E-state index contributed by atoms with van der Waals surface area (Å²) in [6, 6.07) is 6.96. The number of piperazine rings is 1. The van der Waals surface area contributed by atoms with Crippen molar-refractivity contribution in [1.29, 1.82) is 0 Å². The van der Waals surface area contributed by atoms with Gasteiger partial charge >= 0.3 is 0 Å². The molecule has 8 heteroatoms. The van der Waals surface area contributed by atoms with Gasteiger partial charge in [-0.15, -0.1) is 0 Å². The Balaban J connectivity index is 1.95. The van der Waals surface area contributed by atoms with E-state index in [1.54, 1.807) is 47.1 Å². The molecule has 2 aromatic rings. The third kappa shape index (κ3) is 2.94. The second-order valence-corrected chi connectivity index (χ2v) is 7.62. The number of carbonyl (C=O) groups excluding carboxylic acids is 1. The lowest BCUT2D eigenvalue weighted by molar-refractivity contribution is -0.133. The molecule has 2 heterocycles. The molecule has 1 aromatic heterocycles. The summed E-state index contributed by atoms with van der Waals surface area (Å²) < 4.78 is 28.9. The molecule has 0 saturated carbocycles. The molecule has 0 bridgehead atoms. The normalized spacial score (nSPS) is 16.6. The summed E-state index contributed by atoms with van der Waals surface area (Å²) in [6.07, 6.45) is 3.39. The molecule has 7 nitrogen and oxygen atoms in total. The summed E-state index contributed by atoms with van der Waals surface area (Å²) in [4.78, 5) is 13.9. The number of hydrogen-bond donors (Lipinski definition) is 0. The number of carbonyl (C=O) groups is 1. The maximum Gasteiger partial charge on any atom is 0.243 e. The molecule has 0 aliphatic carbocycles. The first kappa shape index (κ1) is 16.7. The van der Waals surface area contributed by atoms with Gasteiger partial charge in [0, 0.05) is 32.0 Å². The number of aryl methyl sites for hydroxylation is 1. The lowest BCUT2D eigenvalue weighted by Crippen LogP contribution is -2.52. The highest BCUT2D eigenvalue weighted by atomic mass is 32.2. The third-order valence-corrected chi connectivity index (χ3v) is 6.21. The van der Waals surface area contributed by atoms with E-state index in [2.05, 4.69) is 5.10 Å². The largest absolute Gasteiger partial charge is 0.341 e. The van der Waals surface area contributed by atoms with E-state index < -0.39 is 10.0 Å². The number of aromatic nitrogens is 2. The molecule has 24 heavy (non-hydrogen) atoms. The van der Waals surface area contributed by atoms with Crippen LogP contribution in [0.1, 0.15) is 12.5 Å². The van der Waals surface area contributed by atoms with Crippen molar-refractivity contribution in [3.05, 3.63) is 42.2 Å². The number of hydrogen-bond acceptors (Lipinski definition) is 4. The van der Waals surface area contributed by atoms with Crippen LogP contribution in [0.4, 0.5) is 0 Å². The molecule has 1 aromatic carbocycles. The van der Waals surface area contributed by atoms with Crippen molar-refractivity contribution in [3.63, 3.8) is 0 Å². The van der Waals surface area contributed by atoms with Crippen molar-refractivity contribution in [2.24, 2.45) is 0 Å². The van der Waals surface area contributed by atoms with Gasteiger partial charge in [-0.2, -0.15) is 9.40 Å². The zero-order valence-electron chi connectivity index (χ0n) is 13.7. The lowest BCUT2D eigenvalue weighted by atomic mass is 10.2. The number of likely N-dealkylation sites (N-methyl/N-ethyl adjacent to an activating group) is 1. The smallest absolute Gasteiger partial charge is 0.243 e.